The van der Waals surface area contributed by atoms with Gasteiger partial charge in [-0.1, -0.05) is 0 Å². The van der Waals surface area contributed by atoms with Crippen LogP contribution in [0.2, 0.25) is 0 Å². The molecule has 0 spiro atoms. The topological polar surface area (TPSA) is 57.3 Å². The molecule has 0 amide bonds. The van der Waals surface area contributed by atoms with E-state index in [0.717, 1.165) is 28.2 Å². The van der Waals surface area contributed by atoms with Crippen LogP contribution in [-0.4, -0.2) is 16.7 Å². The number of fused-ring (bicyclic) bond motifs is 3. The first-order valence-corrected chi connectivity index (χ1v) is 7.15. The smallest absolute Gasteiger partial charge is 0.281 e. The lowest BCUT2D eigenvalue weighted by atomic mass is 10.1. The standard InChI is InChI=1S/C14H11BrN2O3/c1-19-13-9(15)5-4-8-11(13)17(7-2-3-7)14(18)10-12(8)20-6-16-10/h4-7H,2-3H2,1H3. The summed E-state index contributed by atoms with van der Waals surface area (Å²) in [5.74, 6) is 0.657. The number of halogens is 1. The number of hydrogen-bond donors (Lipinski definition) is 0. The van der Waals surface area contributed by atoms with Crippen LogP contribution in [0.25, 0.3) is 22.0 Å². The minimum atomic E-state index is -0.111. The molecule has 0 radical (unpaired) electrons. The summed E-state index contributed by atoms with van der Waals surface area (Å²) in [6.07, 6.45) is 3.33. The summed E-state index contributed by atoms with van der Waals surface area (Å²) in [7, 11) is 1.60. The van der Waals surface area contributed by atoms with E-state index >= 15 is 0 Å². The quantitative estimate of drug-likeness (QED) is 0.721. The van der Waals surface area contributed by atoms with E-state index in [1.54, 1.807) is 11.7 Å². The Morgan fingerprint density at radius 1 is 1.45 bits per heavy atom. The summed E-state index contributed by atoms with van der Waals surface area (Å²) >= 11 is 3.47. The minimum absolute atomic E-state index is 0.111. The third-order valence-electron chi connectivity index (χ3n) is 3.67. The molecule has 102 valence electrons. The van der Waals surface area contributed by atoms with Crippen molar-refractivity contribution in [2.24, 2.45) is 0 Å². The second kappa shape index (κ2) is 4.09. The van der Waals surface area contributed by atoms with Crippen LogP contribution in [0.4, 0.5) is 0 Å². The molecular formula is C14H11BrN2O3. The van der Waals surface area contributed by atoms with Crippen LogP contribution in [0.1, 0.15) is 18.9 Å². The van der Waals surface area contributed by atoms with Crippen LogP contribution in [0.3, 0.4) is 0 Å². The number of aromatic nitrogens is 2. The van der Waals surface area contributed by atoms with Gasteiger partial charge in [0.2, 0.25) is 0 Å². The van der Waals surface area contributed by atoms with Gasteiger partial charge in [0.15, 0.2) is 23.2 Å². The lowest BCUT2D eigenvalue weighted by Gasteiger charge is -2.14. The van der Waals surface area contributed by atoms with Gasteiger partial charge in [-0.05, 0) is 40.9 Å². The number of hydrogen-bond acceptors (Lipinski definition) is 4. The molecule has 3 aromatic rings. The molecule has 1 aliphatic rings. The normalized spacial score (nSPS) is 15.1. The number of pyridine rings is 1. The Labute approximate surface area is 122 Å². The SMILES string of the molecule is COc1c(Br)ccc2c3ocnc3c(=O)n(C3CC3)c12. The van der Waals surface area contributed by atoms with E-state index in [1.165, 1.54) is 6.39 Å². The molecule has 5 nitrogen and oxygen atoms in total. The molecule has 6 heteroatoms. The van der Waals surface area contributed by atoms with Gasteiger partial charge < -0.3 is 9.15 Å². The predicted octanol–water partition coefficient (Wildman–Crippen LogP) is 3.25. The van der Waals surface area contributed by atoms with E-state index in [2.05, 4.69) is 20.9 Å². The van der Waals surface area contributed by atoms with Crippen molar-refractivity contribution >= 4 is 37.9 Å². The van der Waals surface area contributed by atoms with Crippen molar-refractivity contribution < 1.29 is 9.15 Å². The Hall–Kier alpha value is -1.82. The summed E-state index contributed by atoms with van der Waals surface area (Å²) in [5, 5.41) is 0.851. The van der Waals surface area contributed by atoms with E-state index in [9.17, 15) is 4.79 Å². The maximum atomic E-state index is 12.6. The molecular weight excluding hydrogens is 324 g/mol. The van der Waals surface area contributed by atoms with Crippen molar-refractivity contribution in [3.8, 4) is 5.75 Å². The third kappa shape index (κ3) is 1.48. The Kier molecular flexibility index (Phi) is 2.44. The van der Waals surface area contributed by atoms with Gasteiger partial charge in [-0.3, -0.25) is 9.36 Å². The highest BCUT2D eigenvalue weighted by Crippen LogP contribution is 2.42. The van der Waals surface area contributed by atoms with E-state index in [4.69, 9.17) is 9.15 Å². The minimum Gasteiger partial charge on any atom is -0.493 e. The first-order chi connectivity index (χ1) is 9.72. The zero-order valence-corrected chi connectivity index (χ0v) is 12.3. The molecule has 0 atom stereocenters. The van der Waals surface area contributed by atoms with E-state index in [1.807, 2.05) is 12.1 Å². The van der Waals surface area contributed by atoms with Crippen LogP contribution in [-0.2, 0) is 0 Å². The molecule has 0 saturated heterocycles. The average Bonchev–Trinajstić information content (AvgIpc) is 3.15. The number of nitrogens with zero attached hydrogens (tertiary/aromatic N) is 2. The molecule has 20 heavy (non-hydrogen) atoms. The lowest BCUT2D eigenvalue weighted by molar-refractivity contribution is 0.414. The summed E-state index contributed by atoms with van der Waals surface area (Å²) in [6.45, 7) is 0. The molecule has 0 bridgehead atoms. The molecule has 1 fully saturated rings. The van der Waals surface area contributed by atoms with Crippen LogP contribution in [0.5, 0.6) is 5.75 Å². The maximum absolute atomic E-state index is 12.6. The van der Waals surface area contributed by atoms with Crippen molar-refractivity contribution in [1.29, 1.82) is 0 Å². The first-order valence-electron chi connectivity index (χ1n) is 6.36. The van der Waals surface area contributed by atoms with Gasteiger partial charge in [0.05, 0.1) is 17.1 Å². The molecule has 2 heterocycles. The highest BCUT2D eigenvalue weighted by atomic mass is 79.9. The highest BCUT2D eigenvalue weighted by molar-refractivity contribution is 9.10. The number of oxazole rings is 1. The number of benzene rings is 1. The highest BCUT2D eigenvalue weighted by Gasteiger charge is 2.30. The van der Waals surface area contributed by atoms with E-state index < -0.39 is 0 Å². The Morgan fingerprint density at radius 2 is 2.25 bits per heavy atom. The maximum Gasteiger partial charge on any atom is 0.281 e. The zero-order chi connectivity index (χ0) is 13.9. The van der Waals surface area contributed by atoms with Crippen molar-refractivity contribution in [2.75, 3.05) is 7.11 Å². The van der Waals surface area contributed by atoms with Crippen molar-refractivity contribution in [1.82, 2.24) is 9.55 Å². The van der Waals surface area contributed by atoms with Gasteiger partial charge in [0.25, 0.3) is 5.56 Å². The predicted molar refractivity (Wildman–Crippen MR) is 78.3 cm³/mol. The molecule has 1 saturated carbocycles. The number of ether oxygens (including phenoxy) is 1. The van der Waals surface area contributed by atoms with Crippen molar-refractivity contribution in [3.05, 3.63) is 33.4 Å². The molecule has 0 unspecified atom stereocenters. The zero-order valence-electron chi connectivity index (χ0n) is 10.7. The molecule has 4 rings (SSSR count). The summed E-state index contributed by atoms with van der Waals surface area (Å²) in [6, 6.07) is 4.05. The number of methoxy groups -OCH3 is 1. The Balaban J connectivity index is 2.31. The third-order valence-corrected chi connectivity index (χ3v) is 4.30. The number of rotatable bonds is 2. The van der Waals surface area contributed by atoms with Gasteiger partial charge in [-0.25, -0.2) is 4.98 Å². The molecule has 0 aliphatic heterocycles. The average molecular weight is 335 g/mol. The summed E-state index contributed by atoms with van der Waals surface area (Å²) in [4.78, 5) is 16.7. The van der Waals surface area contributed by atoms with E-state index in [0.29, 0.717) is 16.8 Å². The molecule has 0 N–H and O–H groups in total. The summed E-state index contributed by atoms with van der Waals surface area (Å²) < 4.78 is 13.5. The monoisotopic (exact) mass is 334 g/mol. The fourth-order valence-corrected chi connectivity index (χ4v) is 3.13. The van der Waals surface area contributed by atoms with Crippen molar-refractivity contribution in [3.63, 3.8) is 0 Å². The first kappa shape index (κ1) is 12.0. The van der Waals surface area contributed by atoms with Crippen molar-refractivity contribution in [2.45, 2.75) is 18.9 Å². The van der Waals surface area contributed by atoms with Gasteiger partial charge in [0, 0.05) is 11.4 Å². The van der Waals surface area contributed by atoms with Gasteiger partial charge in [-0.2, -0.15) is 0 Å². The Morgan fingerprint density at radius 3 is 2.95 bits per heavy atom. The second-order valence-corrected chi connectivity index (χ2v) is 5.77. The largest absolute Gasteiger partial charge is 0.493 e. The van der Waals surface area contributed by atoms with Crippen LogP contribution < -0.4 is 10.3 Å². The molecule has 1 aliphatic carbocycles. The fourth-order valence-electron chi connectivity index (χ4n) is 2.65. The molecule has 2 aromatic heterocycles. The lowest BCUT2D eigenvalue weighted by Crippen LogP contribution is -2.20. The van der Waals surface area contributed by atoms with Crippen LogP contribution in [0, 0.1) is 0 Å². The second-order valence-electron chi connectivity index (χ2n) is 4.91. The van der Waals surface area contributed by atoms with Gasteiger partial charge in [-0.15, -0.1) is 0 Å². The molecule has 1 aromatic carbocycles. The van der Waals surface area contributed by atoms with Gasteiger partial charge >= 0.3 is 0 Å². The van der Waals surface area contributed by atoms with Gasteiger partial charge in [0.1, 0.15) is 0 Å². The fraction of sp³-hybridized carbons (Fsp3) is 0.286. The Bertz CT molecular complexity index is 893. The van der Waals surface area contributed by atoms with Crippen LogP contribution in [0.15, 0.2) is 32.2 Å². The summed E-state index contributed by atoms with van der Waals surface area (Å²) in [5.41, 5.74) is 1.57. The van der Waals surface area contributed by atoms with Crippen LogP contribution >= 0.6 is 15.9 Å². The van der Waals surface area contributed by atoms with E-state index in [-0.39, 0.29) is 11.6 Å².